The van der Waals surface area contributed by atoms with Crippen LogP contribution in [0.3, 0.4) is 0 Å². The van der Waals surface area contributed by atoms with Gasteiger partial charge in [0.2, 0.25) is 0 Å². The molecule has 5 N–H and O–H groups in total. The predicted molar refractivity (Wildman–Crippen MR) is 448 cm³/mol. The van der Waals surface area contributed by atoms with Crippen LogP contribution in [0.25, 0.3) is 88.6 Å². The number of nitrogens with zero attached hydrogens (tertiary/aromatic N) is 5. The molecule has 12 nitrogen and oxygen atoms in total. The molecule has 8 aromatic carbocycles. The molecule has 111 heavy (non-hydrogen) atoms. The monoisotopic (exact) mass is 1470 g/mol. The van der Waals surface area contributed by atoms with E-state index in [1.54, 1.807) is 0 Å². The van der Waals surface area contributed by atoms with Crippen LogP contribution in [0.2, 0.25) is 0 Å². The number of likely N-dealkylation sites (tertiary alicyclic amines) is 1. The highest BCUT2D eigenvalue weighted by molar-refractivity contribution is 5.87. The summed E-state index contributed by atoms with van der Waals surface area (Å²) < 4.78 is 5.98. The Morgan fingerprint density at radius 2 is 0.712 bits per heavy atom. The average Bonchev–Trinajstić information content (AvgIpc) is 1.65. The third-order valence-electron chi connectivity index (χ3n) is 29.1. The smallest absolute Gasteiger partial charge is 0.411 e. The lowest BCUT2D eigenvalue weighted by Crippen LogP contribution is -2.43. The summed E-state index contributed by atoms with van der Waals surface area (Å²) in [5.74, 6) is 10.6. The van der Waals surface area contributed by atoms with Gasteiger partial charge in [-0.15, -0.1) is 0 Å². The first-order valence-corrected chi connectivity index (χ1v) is 43.6. The van der Waals surface area contributed by atoms with Gasteiger partial charge in [0.05, 0.1) is 56.2 Å². The van der Waals surface area contributed by atoms with E-state index in [1.165, 1.54) is 227 Å². The Morgan fingerprint density at radius 3 is 1.12 bits per heavy atom. The molecule has 10 unspecified atom stereocenters. The molecule has 6 saturated carbocycles. The van der Waals surface area contributed by atoms with Gasteiger partial charge >= 0.3 is 6.09 Å². The average molecular weight is 1470 g/mol. The number of amides is 1. The van der Waals surface area contributed by atoms with Crippen molar-refractivity contribution in [3.63, 3.8) is 0 Å². The maximum Gasteiger partial charge on any atom is 0.411 e. The van der Waals surface area contributed by atoms with Crippen molar-refractivity contribution in [2.24, 2.45) is 35.5 Å². The highest BCUT2D eigenvalue weighted by Gasteiger charge is 2.48. The number of carbonyl (C=O) groups excluding carboxylic acids is 1. The van der Waals surface area contributed by atoms with Crippen molar-refractivity contribution in [1.29, 1.82) is 0 Å². The van der Waals surface area contributed by atoms with Crippen LogP contribution >= 0.6 is 0 Å². The fourth-order valence-corrected chi connectivity index (χ4v) is 23.4. The van der Waals surface area contributed by atoms with Crippen LogP contribution < -0.4 is 5.32 Å². The van der Waals surface area contributed by atoms with Crippen molar-refractivity contribution in [2.45, 2.75) is 255 Å². The van der Waals surface area contributed by atoms with Crippen LogP contribution in [-0.4, -0.2) is 68.5 Å². The van der Waals surface area contributed by atoms with Gasteiger partial charge in [-0.1, -0.05) is 174 Å². The summed E-state index contributed by atoms with van der Waals surface area (Å²) in [7, 11) is 0. The highest BCUT2D eigenvalue weighted by atomic mass is 16.6. The van der Waals surface area contributed by atoms with E-state index in [9.17, 15) is 4.79 Å². The second-order valence-electron chi connectivity index (χ2n) is 37.2. The first-order chi connectivity index (χ1) is 54.3. The van der Waals surface area contributed by atoms with Gasteiger partial charge in [0.25, 0.3) is 0 Å². The summed E-state index contributed by atoms with van der Waals surface area (Å²) in [5, 5.41) is 3.92. The van der Waals surface area contributed by atoms with E-state index in [1.807, 2.05) is 25.7 Å². The van der Waals surface area contributed by atoms with E-state index in [4.69, 9.17) is 24.7 Å². The Hall–Kier alpha value is -9.13. The Kier molecular flexibility index (Phi) is 18.1. The zero-order valence-corrected chi connectivity index (χ0v) is 65.6. The van der Waals surface area contributed by atoms with Gasteiger partial charge in [-0.25, -0.2) is 24.7 Å². The zero-order chi connectivity index (χ0) is 74.0. The van der Waals surface area contributed by atoms with Crippen molar-refractivity contribution in [1.82, 2.24) is 50.1 Å². The molecule has 10 atom stereocenters. The Morgan fingerprint density at radius 1 is 0.360 bits per heavy atom. The van der Waals surface area contributed by atoms with Gasteiger partial charge in [0.1, 0.15) is 28.9 Å². The van der Waals surface area contributed by atoms with E-state index < -0.39 is 5.60 Å². The van der Waals surface area contributed by atoms with Gasteiger partial charge < -0.3 is 30.0 Å². The van der Waals surface area contributed by atoms with Crippen molar-refractivity contribution in [3.8, 4) is 44.5 Å². The molecule has 0 spiro atoms. The Bertz CT molecular complexity index is 5320. The van der Waals surface area contributed by atoms with Crippen LogP contribution in [0.4, 0.5) is 4.79 Å². The molecule has 0 radical (unpaired) electrons. The molecular formula is C99H110N10O2. The number of hydrogen-bond donors (Lipinski definition) is 5. The predicted octanol–water partition coefficient (Wildman–Crippen LogP) is 23.5. The van der Waals surface area contributed by atoms with E-state index in [2.05, 4.69) is 171 Å². The minimum atomic E-state index is -0.541. The highest BCUT2D eigenvalue weighted by Crippen LogP contribution is 2.52. The van der Waals surface area contributed by atoms with Crippen LogP contribution in [0.15, 0.2) is 146 Å². The Labute approximate surface area is 654 Å². The van der Waals surface area contributed by atoms with E-state index in [0.717, 1.165) is 151 Å². The lowest BCUT2D eigenvalue weighted by molar-refractivity contribution is 0.00951. The summed E-state index contributed by atoms with van der Waals surface area (Å²) in [6.07, 6.45) is 36.5. The molecule has 28 rings (SSSR count). The van der Waals surface area contributed by atoms with Gasteiger partial charge in [-0.3, -0.25) is 4.90 Å². The number of rotatable bonds is 8. The number of hydrogen-bond acceptors (Lipinski definition) is 7. The molecule has 8 fully saturated rings. The number of nitrogens with one attached hydrogen (secondary N) is 5. The minimum absolute atomic E-state index is 0.102. The molecule has 1 amide bonds. The number of aromatic nitrogens is 8. The first-order valence-electron chi connectivity index (χ1n) is 43.6. The largest absolute Gasteiger partial charge is 0.444 e. The van der Waals surface area contributed by atoms with E-state index in [-0.39, 0.29) is 18.2 Å². The van der Waals surface area contributed by atoms with E-state index >= 15 is 0 Å². The second kappa shape index (κ2) is 28.8. The molecule has 4 aromatic heterocycles. The second-order valence-corrected chi connectivity index (χ2v) is 37.2. The van der Waals surface area contributed by atoms with Crippen LogP contribution in [0.5, 0.6) is 0 Å². The number of ether oxygens (including phenoxy) is 1. The van der Waals surface area contributed by atoms with Gasteiger partial charge in [-0.05, 0) is 309 Å². The van der Waals surface area contributed by atoms with E-state index in [0.29, 0.717) is 29.8 Å². The van der Waals surface area contributed by atoms with Crippen LogP contribution in [0.1, 0.15) is 254 Å². The number of aryl methyl sites for hydroxylation is 8. The standard InChI is InChI=1S/C52H59N5O2.C47H51N5/c1-52(2,3)59-51(58)57-47-11-7-6-10-39(47)30-48(57)50-54-44-23-21-38(29-46(44)56-50)42-25-32-13-17-33-16-12-31(14-18-34(42)19-15-32)24-41(33)37-20-22-43-45(28-37)55-49(53-43)40-26-35-8-4-5-9-36(35)27-40;1-2-6-33-24-37(23-32(33)5-1)46-49-41-19-17-34(25-43(41)51-46)38-21-28-9-13-30(38)14-10-29-12-16-31(15-11-28)39(22-29)35-18-20-42-44(26-35)52-47(50-42)45-27-36-7-3-4-8-40(36)48-45/h12,15-16,19-25,28-29,35-36,39-40,47-48H,4-11,13-14,17-18,26-27,30H2,1-3H3,(H,53,55)(H,54,56);9,12-13,16-22,25-26,32-33,36-37,40,45,48H,1-8,10-11,14-15,23-24,27H2,(H,49,51)(H,50,52). The number of carbonyl (C=O) groups is 1. The van der Waals surface area contributed by atoms with Crippen molar-refractivity contribution in [2.75, 3.05) is 0 Å². The van der Waals surface area contributed by atoms with Crippen LogP contribution in [-0.2, 0) is 56.1 Å². The number of H-pyrrole nitrogens is 4. The molecule has 14 aliphatic carbocycles. The fourth-order valence-electron chi connectivity index (χ4n) is 23.4. The van der Waals surface area contributed by atoms with Crippen molar-refractivity contribution >= 4 is 50.2 Å². The lowest BCUT2D eigenvalue weighted by atomic mass is 9.82. The summed E-state index contributed by atoms with van der Waals surface area (Å²) in [4.78, 5) is 51.3. The molecule has 2 saturated heterocycles. The van der Waals surface area contributed by atoms with Crippen molar-refractivity contribution < 1.29 is 9.53 Å². The molecule has 16 aliphatic rings. The lowest BCUT2D eigenvalue weighted by Gasteiger charge is -2.34. The minimum Gasteiger partial charge on any atom is -0.444 e. The molecule has 568 valence electrons. The molecule has 8 bridgehead atoms. The molecule has 6 heterocycles. The Balaban J connectivity index is 0.000000142. The summed E-state index contributed by atoms with van der Waals surface area (Å²) in [5.41, 5.74) is 29.9. The topological polar surface area (TPSA) is 156 Å². The molecule has 2 aliphatic heterocycles. The summed E-state index contributed by atoms with van der Waals surface area (Å²) in [6.45, 7) is 5.86. The van der Waals surface area contributed by atoms with Crippen LogP contribution in [0, 0.1) is 35.5 Å². The number of imidazole rings is 4. The third kappa shape index (κ3) is 13.7. The third-order valence-corrected chi connectivity index (χ3v) is 29.1. The normalized spacial score (nSPS) is 26.3. The van der Waals surface area contributed by atoms with Gasteiger partial charge in [0, 0.05) is 23.9 Å². The number of fused-ring (bicyclic) bond motifs is 8. The molecular weight excluding hydrogens is 1360 g/mol. The maximum atomic E-state index is 13.7. The first kappa shape index (κ1) is 69.8. The number of aromatic amines is 4. The maximum absolute atomic E-state index is 13.7. The van der Waals surface area contributed by atoms with Crippen molar-refractivity contribution in [3.05, 3.63) is 213 Å². The SMILES string of the molecule is CC(C)(C)OC(=O)N1C(c2nc3ccc(-c4cc5ccc4CCc4ccc(c(-c6ccc7nc(C8CC9CCCCC9C8)[nH]c7c6)c4)CC5)cc3[nH]2)CC2CCCCC21.c1cc2c(-c3ccc4nc(C5CC6CCCCC6C5)[nH]c4c3)cc1CCc1ccc(cc1-c1ccc3nc(C4CC5CCCCC5N4)[nH]c3c1)CC2. The fraction of sp³-hybridized carbons (Fsp3) is 0.465. The number of benzene rings is 8. The van der Waals surface area contributed by atoms with Gasteiger partial charge in [0.15, 0.2) is 0 Å². The summed E-state index contributed by atoms with van der Waals surface area (Å²) >= 11 is 0. The van der Waals surface area contributed by atoms with Gasteiger partial charge in [-0.2, -0.15) is 0 Å². The summed E-state index contributed by atoms with van der Waals surface area (Å²) in [6, 6.07) is 57.4. The molecule has 12 heteroatoms. The zero-order valence-electron chi connectivity index (χ0n) is 65.6. The quantitative estimate of drug-likeness (QED) is 0.101. The molecule has 12 aromatic rings.